The number of nitrogens with one attached hydrogen (secondary N) is 1. The Hall–Kier alpha value is -3.86. The van der Waals surface area contributed by atoms with Crippen molar-refractivity contribution in [1.29, 1.82) is 0 Å². The third-order valence-electron chi connectivity index (χ3n) is 4.75. The van der Waals surface area contributed by atoms with E-state index >= 15 is 0 Å². The number of hydrogen-bond donors (Lipinski definition) is 1. The van der Waals surface area contributed by atoms with Crippen LogP contribution in [0.3, 0.4) is 0 Å². The molecule has 0 aliphatic carbocycles. The number of benzene rings is 3. The van der Waals surface area contributed by atoms with Crippen molar-refractivity contribution in [3.8, 4) is 5.75 Å². The number of rotatable bonds is 7. The molecule has 3 aromatic rings. The lowest BCUT2D eigenvalue weighted by Gasteiger charge is -2.18. The van der Waals surface area contributed by atoms with Crippen molar-refractivity contribution in [2.45, 2.75) is 20.0 Å². The van der Waals surface area contributed by atoms with Gasteiger partial charge in [-0.05, 0) is 54.8 Å². The lowest BCUT2D eigenvalue weighted by Crippen LogP contribution is -2.25. The molecule has 0 aliphatic heterocycles. The van der Waals surface area contributed by atoms with Gasteiger partial charge in [0.05, 0.1) is 7.11 Å². The van der Waals surface area contributed by atoms with E-state index in [9.17, 15) is 9.59 Å². The van der Waals surface area contributed by atoms with Crippen molar-refractivity contribution in [1.82, 2.24) is 0 Å². The first-order valence-corrected chi connectivity index (χ1v) is 9.92. The van der Waals surface area contributed by atoms with Gasteiger partial charge in [0, 0.05) is 17.3 Å². The van der Waals surface area contributed by atoms with Gasteiger partial charge in [-0.15, -0.1) is 0 Å². The average Bonchev–Trinajstić information content (AvgIpc) is 2.79. The highest BCUT2D eigenvalue weighted by Gasteiger charge is 2.24. The van der Waals surface area contributed by atoms with Crippen LogP contribution in [0, 0.1) is 13.8 Å². The number of aryl methyl sites for hydroxylation is 2. The van der Waals surface area contributed by atoms with E-state index in [-0.39, 0.29) is 0 Å². The van der Waals surface area contributed by atoms with Crippen molar-refractivity contribution in [2.75, 3.05) is 12.4 Å². The molecule has 3 aromatic carbocycles. The minimum atomic E-state index is -1.07. The van der Waals surface area contributed by atoms with Crippen molar-refractivity contribution in [3.63, 3.8) is 0 Å². The highest BCUT2D eigenvalue weighted by molar-refractivity contribution is 5.98. The van der Waals surface area contributed by atoms with Gasteiger partial charge in [-0.3, -0.25) is 4.79 Å². The van der Waals surface area contributed by atoms with Crippen LogP contribution in [0.4, 0.5) is 5.69 Å². The summed E-state index contributed by atoms with van der Waals surface area (Å²) in [5.74, 6) is -0.293. The van der Waals surface area contributed by atoms with Crippen LogP contribution in [0.15, 0.2) is 78.9 Å². The molecular formula is C26H25NO4. The van der Waals surface area contributed by atoms with Crippen molar-refractivity contribution >= 4 is 23.6 Å². The summed E-state index contributed by atoms with van der Waals surface area (Å²) in [6.45, 7) is 3.87. The lowest BCUT2D eigenvalue weighted by atomic mass is 10.1. The van der Waals surface area contributed by atoms with Gasteiger partial charge in [-0.1, -0.05) is 54.6 Å². The largest absolute Gasteiger partial charge is 0.497 e. The number of methoxy groups -OCH3 is 1. The standard InChI is InChI=1S/C26H25NO4/c1-18-9-10-19(2)23(17-18)27-26(29)25(21-7-5-4-6-8-21)31-24(28)16-13-20-11-14-22(30-3)15-12-20/h4-17,25H,1-3H3,(H,27,29)/b16-13+. The maximum atomic E-state index is 13.0. The molecule has 1 atom stereocenters. The zero-order valence-corrected chi connectivity index (χ0v) is 17.8. The van der Waals surface area contributed by atoms with Gasteiger partial charge >= 0.3 is 5.97 Å². The summed E-state index contributed by atoms with van der Waals surface area (Å²) in [6.07, 6.45) is 1.86. The summed E-state index contributed by atoms with van der Waals surface area (Å²) in [7, 11) is 1.59. The SMILES string of the molecule is COc1ccc(/C=C/C(=O)OC(C(=O)Nc2cc(C)ccc2C)c2ccccc2)cc1. The summed E-state index contributed by atoms with van der Waals surface area (Å²) >= 11 is 0. The predicted molar refractivity (Wildman–Crippen MR) is 122 cm³/mol. The van der Waals surface area contributed by atoms with Crippen LogP contribution in [0.5, 0.6) is 5.75 Å². The van der Waals surface area contributed by atoms with Crippen molar-refractivity contribution in [2.24, 2.45) is 0 Å². The van der Waals surface area contributed by atoms with Gasteiger partial charge < -0.3 is 14.8 Å². The fourth-order valence-electron chi connectivity index (χ4n) is 3.00. The van der Waals surface area contributed by atoms with Gasteiger partial charge in [-0.2, -0.15) is 0 Å². The summed E-state index contributed by atoms with van der Waals surface area (Å²) < 4.78 is 10.7. The fraction of sp³-hybridized carbons (Fsp3) is 0.154. The van der Waals surface area contributed by atoms with Crippen LogP contribution in [0.1, 0.15) is 28.4 Å². The van der Waals surface area contributed by atoms with Gasteiger partial charge in [0.2, 0.25) is 6.10 Å². The lowest BCUT2D eigenvalue weighted by molar-refractivity contribution is -0.149. The van der Waals surface area contributed by atoms with Gasteiger partial charge in [0.1, 0.15) is 5.75 Å². The van der Waals surface area contributed by atoms with Crippen LogP contribution in [-0.4, -0.2) is 19.0 Å². The second-order valence-corrected chi connectivity index (χ2v) is 7.14. The van der Waals surface area contributed by atoms with E-state index in [0.29, 0.717) is 11.3 Å². The number of anilines is 1. The second-order valence-electron chi connectivity index (χ2n) is 7.14. The van der Waals surface area contributed by atoms with Crippen LogP contribution in [-0.2, 0) is 14.3 Å². The van der Waals surface area contributed by atoms with E-state index in [1.807, 2.05) is 50.2 Å². The third kappa shape index (κ3) is 6.06. The molecule has 0 bridgehead atoms. The van der Waals surface area contributed by atoms with E-state index < -0.39 is 18.0 Å². The molecule has 158 valence electrons. The van der Waals surface area contributed by atoms with E-state index in [0.717, 1.165) is 22.4 Å². The van der Waals surface area contributed by atoms with E-state index in [4.69, 9.17) is 9.47 Å². The molecule has 0 aliphatic rings. The smallest absolute Gasteiger partial charge is 0.331 e. The molecule has 0 heterocycles. The molecule has 0 aromatic heterocycles. The Balaban J connectivity index is 1.77. The van der Waals surface area contributed by atoms with Gasteiger partial charge in [0.15, 0.2) is 0 Å². The Kier molecular flexibility index (Phi) is 7.22. The zero-order chi connectivity index (χ0) is 22.2. The Bertz CT molecular complexity index is 1070. The number of esters is 1. The van der Waals surface area contributed by atoms with Crippen LogP contribution < -0.4 is 10.1 Å². The monoisotopic (exact) mass is 415 g/mol. The first kappa shape index (κ1) is 21.8. The first-order valence-electron chi connectivity index (χ1n) is 9.92. The minimum absolute atomic E-state index is 0.411. The molecule has 3 rings (SSSR count). The molecule has 0 saturated carbocycles. The predicted octanol–water partition coefficient (Wildman–Crippen LogP) is 5.25. The highest BCUT2D eigenvalue weighted by atomic mass is 16.5. The Labute approximate surface area is 182 Å². The Morgan fingerprint density at radius 3 is 2.32 bits per heavy atom. The number of hydrogen-bond acceptors (Lipinski definition) is 4. The number of ether oxygens (including phenoxy) is 2. The normalized spacial score (nSPS) is 11.7. The van der Waals surface area contributed by atoms with Crippen molar-refractivity contribution < 1.29 is 19.1 Å². The molecule has 1 N–H and O–H groups in total. The topological polar surface area (TPSA) is 64.6 Å². The molecule has 0 spiro atoms. The Morgan fingerprint density at radius 2 is 1.65 bits per heavy atom. The molecule has 5 nitrogen and oxygen atoms in total. The van der Waals surface area contributed by atoms with E-state index in [1.54, 1.807) is 49.6 Å². The average molecular weight is 415 g/mol. The molecule has 1 unspecified atom stereocenters. The number of carbonyl (C=O) groups excluding carboxylic acids is 2. The number of carbonyl (C=O) groups is 2. The third-order valence-corrected chi connectivity index (χ3v) is 4.75. The maximum Gasteiger partial charge on any atom is 0.331 e. The fourth-order valence-corrected chi connectivity index (χ4v) is 3.00. The molecule has 1 amide bonds. The summed E-state index contributed by atoms with van der Waals surface area (Å²) in [4.78, 5) is 25.5. The van der Waals surface area contributed by atoms with Crippen LogP contribution in [0.25, 0.3) is 6.08 Å². The first-order chi connectivity index (χ1) is 15.0. The maximum absolute atomic E-state index is 13.0. The molecule has 0 saturated heterocycles. The van der Waals surface area contributed by atoms with Crippen LogP contribution >= 0.6 is 0 Å². The Morgan fingerprint density at radius 1 is 0.935 bits per heavy atom. The minimum Gasteiger partial charge on any atom is -0.497 e. The van der Waals surface area contributed by atoms with E-state index in [1.165, 1.54) is 6.08 Å². The van der Waals surface area contributed by atoms with Crippen molar-refractivity contribution in [3.05, 3.63) is 101 Å². The molecule has 5 heteroatoms. The van der Waals surface area contributed by atoms with E-state index in [2.05, 4.69) is 5.32 Å². The summed E-state index contributed by atoms with van der Waals surface area (Å²) in [6, 6.07) is 22.0. The van der Waals surface area contributed by atoms with Gasteiger partial charge in [0.25, 0.3) is 5.91 Å². The number of amides is 1. The molecule has 0 radical (unpaired) electrons. The highest BCUT2D eigenvalue weighted by Crippen LogP contribution is 2.23. The zero-order valence-electron chi connectivity index (χ0n) is 17.8. The van der Waals surface area contributed by atoms with Gasteiger partial charge in [-0.25, -0.2) is 4.79 Å². The quantitative estimate of drug-likeness (QED) is 0.423. The van der Waals surface area contributed by atoms with Crippen LogP contribution in [0.2, 0.25) is 0 Å². The summed E-state index contributed by atoms with van der Waals surface area (Å²) in [5, 5.41) is 2.89. The molecule has 31 heavy (non-hydrogen) atoms. The molecule has 0 fully saturated rings. The summed E-state index contributed by atoms with van der Waals surface area (Å²) in [5.41, 5.74) is 4.05. The molecular weight excluding hydrogens is 390 g/mol. The second kappa shape index (κ2) is 10.3.